The van der Waals surface area contributed by atoms with E-state index in [2.05, 4.69) is 21.2 Å². The van der Waals surface area contributed by atoms with Crippen LogP contribution >= 0.6 is 15.9 Å². The van der Waals surface area contributed by atoms with Crippen molar-refractivity contribution in [2.75, 3.05) is 20.1 Å². The molecule has 1 aliphatic heterocycles. The fourth-order valence-corrected chi connectivity index (χ4v) is 5.09. The molecule has 1 aromatic carbocycles. The molecule has 1 fully saturated rings. The van der Waals surface area contributed by atoms with Crippen LogP contribution in [-0.2, 0) is 21.3 Å². The Bertz CT molecular complexity index is 596. The highest BCUT2D eigenvalue weighted by Crippen LogP contribution is 2.28. The third-order valence-corrected chi connectivity index (χ3v) is 6.21. The summed E-state index contributed by atoms with van der Waals surface area (Å²) in [6.07, 6.45) is -0.189. The Labute approximate surface area is 134 Å². The van der Waals surface area contributed by atoms with Gasteiger partial charge in [-0.15, -0.1) is 0 Å². The van der Waals surface area contributed by atoms with Gasteiger partial charge in [-0.1, -0.05) is 6.07 Å². The van der Waals surface area contributed by atoms with Crippen LogP contribution in [0.4, 0.5) is 0 Å². The molecule has 1 aromatic rings. The first-order chi connectivity index (χ1) is 9.84. The molecule has 0 aromatic heterocycles. The second kappa shape index (κ2) is 6.75. The first-order valence-corrected chi connectivity index (χ1v) is 9.16. The zero-order valence-corrected chi connectivity index (χ0v) is 14.9. The standard InChI is InChI=1S/C14H21BrN2O3S/c1-10-8-17(9-11(2)20-10)21(18,19)14-6-12(7-16-3)4-5-13(14)15/h4-6,10-11,16H,7-9H2,1-3H3/t10-,11+. The maximum absolute atomic E-state index is 12.9. The van der Waals surface area contributed by atoms with E-state index in [0.29, 0.717) is 29.0 Å². The lowest BCUT2D eigenvalue weighted by molar-refractivity contribution is -0.0440. The quantitative estimate of drug-likeness (QED) is 0.872. The molecule has 2 atom stereocenters. The topological polar surface area (TPSA) is 58.6 Å². The van der Waals surface area contributed by atoms with E-state index in [-0.39, 0.29) is 12.2 Å². The van der Waals surface area contributed by atoms with Crippen molar-refractivity contribution in [3.63, 3.8) is 0 Å². The molecule has 1 saturated heterocycles. The van der Waals surface area contributed by atoms with Crippen molar-refractivity contribution in [2.24, 2.45) is 0 Å². The normalized spacial score (nSPS) is 24.2. The van der Waals surface area contributed by atoms with Gasteiger partial charge in [0, 0.05) is 24.1 Å². The Morgan fingerprint density at radius 3 is 2.52 bits per heavy atom. The number of halogens is 1. The summed E-state index contributed by atoms with van der Waals surface area (Å²) in [5.41, 5.74) is 0.939. The van der Waals surface area contributed by atoms with Gasteiger partial charge in [-0.2, -0.15) is 4.31 Å². The molecule has 1 aliphatic rings. The first kappa shape index (κ1) is 16.9. The monoisotopic (exact) mass is 376 g/mol. The van der Waals surface area contributed by atoms with Crippen LogP contribution in [0.1, 0.15) is 19.4 Å². The van der Waals surface area contributed by atoms with Crippen molar-refractivity contribution in [3.8, 4) is 0 Å². The van der Waals surface area contributed by atoms with Crippen molar-refractivity contribution in [1.82, 2.24) is 9.62 Å². The van der Waals surface area contributed by atoms with Gasteiger partial charge in [-0.25, -0.2) is 8.42 Å². The zero-order chi connectivity index (χ0) is 15.6. The Morgan fingerprint density at radius 1 is 1.33 bits per heavy atom. The number of sulfonamides is 1. The summed E-state index contributed by atoms with van der Waals surface area (Å²) in [4.78, 5) is 0.316. The summed E-state index contributed by atoms with van der Waals surface area (Å²) >= 11 is 3.36. The molecule has 0 spiro atoms. The highest BCUT2D eigenvalue weighted by atomic mass is 79.9. The van der Waals surface area contributed by atoms with Gasteiger partial charge in [0.05, 0.1) is 17.1 Å². The minimum atomic E-state index is -3.52. The van der Waals surface area contributed by atoms with Crippen LogP contribution in [0.3, 0.4) is 0 Å². The second-order valence-electron chi connectivity index (χ2n) is 5.37. The van der Waals surface area contributed by atoms with E-state index in [1.54, 1.807) is 12.1 Å². The largest absolute Gasteiger partial charge is 0.373 e. The Kier molecular flexibility index (Phi) is 5.43. The highest BCUT2D eigenvalue weighted by Gasteiger charge is 2.33. The third kappa shape index (κ3) is 3.84. The molecule has 1 heterocycles. The van der Waals surface area contributed by atoms with E-state index in [1.165, 1.54) is 4.31 Å². The molecule has 0 bridgehead atoms. The van der Waals surface area contributed by atoms with Gasteiger partial charge in [0.25, 0.3) is 0 Å². The van der Waals surface area contributed by atoms with Gasteiger partial charge in [-0.3, -0.25) is 0 Å². The summed E-state index contributed by atoms with van der Waals surface area (Å²) in [5, 5.41) is 3.03. The van der Waals surface area contributed by atoms with E-state index >= 15 is 0 Å². The number of hydrogen-bond acceptors (Lipinski definition) is 4. The Hall–Kier alpha value is -0.470. The average molecular weight is 377 g/mol. The molecule has 0 saturated carbocycles. The van der Waals surface area contributed by atoms with Gasteiger partial charge in [0.1, 0.15) is 0 Å². The van der Waals surface area contributed by atoms with Crippen LogP contribution < -0.4 is 5.32 Å². The first-order valence-electron chi connectivity index (χ1n) is 6.93. The van der Waals surface area contributed by atoms with Crippen LogP contribution in [-0.4, -0.2) is 45.1 Å². The molecule has 0 radical (unpaired) electrons. The average Bonchev–Trinajstić information content (AvgIpc) is 2.40. The van der Waals surface area contributed by atoms with Crippen molar-refractivity contribution < 1.29 is 13.2 Å². The fraction of sp³-hybridized carbons (Fsp3) is 0.571. The van der Waals surface area contributed by atoms with Crippen LogP contribution in [0.25, 0.3) is 0 Å². The van der Waals surface area contributed by atoms with E-state index in [9.17, 15) is 8.42 Å². The van der Waals surface area contributed by atoms with Gasteiger partial charge in [0.15, 0.2) is 0 Å². The van der Waals surface area contributed by atoms with Gasteiger partial charge in [-0.05, 0) is 54.5 Å². The molecule has 5 nitrogen and oxygen atoms in total. The van der Waals surface area contributed by atoms with Gasteiger partial charge >= 0.3 is 0 Å². The van der Waals surface area contributed by atoms with Crippen molar-refractivity contribution in [3.05, 3.63) is 28.2 Å². The summed E-state index contributed by atoms with van der Waals surface area (Å²) in [6, 6.07) is 5.41. The van der Waals surface area contributed by atoms with Crippen molar-refractivity contribution >= 4 is 26.0 Å². The van der Waals surface area contributed by atoms with Crippen LogP contribution in [0.15, 0.2) is 27.6 Å². The van der Waals surface area contributed by atoms with E-state index < -0.39 is 10.0 Å². The third-order valence-electron chi connectivity index (χ3n) is 3.38. The lowest BCUT2D eigenvalue weighted by Gasteiger charge is -2.34. The minimum absolute atomic E-state index is 0.0946. The molecule has 118 valence electrons. The second-order valence-corrected chi connectivity index (χ2v) is 8.14. The maximum Gasteiger partial charge on any atom is 0.244 e. The molecular weight excluding hydrogens is 356 g/mol. The number of morpholine rings is 1. The molecule has 0 unspecified atom stereocenters. The van der Waals surface area contributed by atoms with E-state index in [1.807, 2.05) is 27.0 Å². The number of rotatable bonds is 4. The molecule has 7 heteroatoms. The summed E-state index contributed by atoms with van der Waals surface area (Å²) in [5.74, 6) is 0. The fourth-order valence-electron chi connectivity index (χ4n) is 2.53. The summed E-state index contributed by atoms with van der Waals surface area (Å²) in [7, 11) is -1.69. The Balaban J connectivity index is 2.36. The Morgan fingerprint density at radius 2 is 1.95 bits per heavy atom. The number of hydrogen-bond donors (Lipinski definition) is 1. The lowest BCUT2D eigenvalue weighted by Crippen LogP contribution is -2.48. The van der Waals surface area contributed by atoms with Crippen LogP contribution in [0.2, 0.25) is 0 Å². The van der Waals surface area contributed by atoms with Gasteiger partial charge < -0.3 is 10.1 Å². The number of benzene rings is 1. The molecule has 21 heavy (non-hydrogen) atoms. The predicted molar refractivity (Wildman–Crippen MR) is 85.7 cm³/mol. The molecule has 1 N–H and O–H groups in total. The summed E-state index contributed by atoms with van der Waals surface area (Å²) in [6.45, 7) is 5.19. The number of ether oxygens (including phenoxy) is 1. The van der Waals surface area contributed by atoms with E-state index in [0.717, 1.165) is 5.56 Å². The summed E-state index contributed by atoms with van der Waals surface area (Å²) < 4.78 is 33.5. The van der Waals surface area contributed by atoms with E-state index in [4.69, 9.17) is 4.74 Å². The molecule has 0 amide bonds. The zero-order valence-electron chi connectivity index (χ0n) is 12.5. The maximum atomic E-state index is 12.9. The highest BCUT2D eigenvalue weighted by molar-refractivity contribution is 9.10. The smallest absolute Gasteiger partial charge is 0.244 e. The SMILES string of the molecule is CNCc1ccc(Br)c(S(=O)(=O)N2C[C@@H](C)O[C@@H](C)C2)c1. The molecule has 0 aliphatic carbocycles. The number of nitrogens with one attached hydrogen (secondary N) is 1. The number of nitrogens with zero attached hydrogens (tertiary/aromatic N) is 1. The predicted octanol–water partition coefficient (Wildman–Crippen LogP) is 1.97. The molecule has 2 rings (SSSR count). The minimum Gasteiger partial charge on any atom is -0.373 e. The van der Waals surface area contributed by atoms with Crippen molar-refractivity contribution in [1.29, 1.82) is 0 Å². The lowest BCUT2D eigenvalue weighted by atomic mass is 10.2. The van der Waals surface area contributed by atoms with Crippen molar-refractivity contribution in [2.45, 2.75) is 37.5 Å². The van der Waals surface area contributed by atoms with Crippen LogP contribution in [0, 0.1) is 0 Å². The molecular formula is C14H21BrN2O3S. The van der Waals surface area contributed by atoms with Crippen LogP contribution in [0.5, 0.6) is 0 Å². The van der Waals surface area contributed by atoms with Gasteiger partial charge in [0.2, 0.25) is 10.0 Å².